The Morgan fingerprint density at radius 1 is 1.38 bits per heavy atom. The van der Waals surface area contributed by atoms with Crippen molar-refractivity contribution in [3.05, 3.63) is 23.8 Å². The standard InChI is InChI=1S/C16H22N2O3/c1-11-5-4-8-18(10-11)16(20)13-6-7-15(21-3)14(9-13)17-12(2)19/h6-7,9,11H,4-5,8,10H2,1-3H3,(H,17,19). The van der Waals surface area contributed by atoms with Gasteiger partial charge in [-0.05, 0) is 37.0 Å². The summed E-state index contributed by atoms with van der Waals surface area (Å²) in [5, 5.41) is 2.70. The average molecular weight is 290 g/mol. The van der Waals surface area contributed by atoms with Gasteiger partial charge in [-0.2, -0.15) is 0 Å². The third-order valence-electron chi connectivity index (χ3n) is 3.70. The van der Waals surface area contributed by atoms with Crippen LogP contribution in [-0.2, 0) is 4.79 Å². The Kier molecular flexibility index (Phi) is 4.83. The van der Waals surface area contributed by atoms with Gasteiger partial charge in [-0.1, -0.05) is 6.92 Å². The van der Waals surface area contributed by atoms with Gasteiger partial charge in [-0.25, -0.2) is 0 Å². The molecule has 1 atom stereocenters. The quantitative estimate of drug-likeness (QED) is 0.930. The largest absolute Gasteiger partial charge is 0.495 e. The predicted octanol–water partition coefficient (Wildman–Crippen LogP) is 2.53. The number of benzene rings is 1. The van der Waals surface area contributed by atoms with Crippen LogP contribution in [0.3, 0.4) is 0 Å². The number of amides is 2. The molecule has 1 fully saturated rings. The van der Waals surface area contributed by atoms with E-state index in [-0.39, 0.29) is 11.8 Å². The summed E-state index contributed by atoms with van der Waals surface area (Å²) in [4.78, 5) is 25.7. The van der Waals surface area contributed by atoms with E-state index in [0.717, 1.165) is 19.5 Å². The Hall–Kier alpha value is -2.04. The summed E-state index contributed by atoms with van der Waals surface area (Å²) in [7, 11) is 1.54. The number of methoxy groups -OCH3 is 1. The Labute approximate surface area is 125 Å². The maximum atomic E-state index is 12.6. The molecule has 0 spiro atoms. The molecule has 1 aliphatic rings. The van der Waals surface area contributed by atoms with E-state index >= 15 is 0 Å². The Morgan fingerprint density at radius 2 is 2.14 bits per heavy atom. The lowest BCUT2D eigenvalue weighted by atomic mass is 9.99. The van der Waals surface area contributed by atoms with Crippen molar-refractivity contribution in [2.24, 2.45) is 5.92 Å². The molecule has 0 radical (unpaired) electrons. The van der Waals surface area contributed by atoms with E-state index in [9.17, 15) is 9.59 Å². The highest BCUT2D eigenvalue weighted by molar-refractivity contribution is 5.98. The molecule has 1 aliphatic heterocycles. The van der Waals surface area contributed by atoms with Crippen LogP contribution in [0.2, 0.25) is 0 Å². The van der Waals surface area contributed by atoms with Crippen molar-refractivity contribution >= 4 is 17.5 Å². The zero-order valence-corrected chi connectivity index (χ0v) is 12.8. The summed E-state index contributed by atoms with van der Waals surface area (Å²) >= 11 is 0. The Morgan fingerprint density at radius 3 is 2.76 bits per heavy atom. The monoisotopic (exact) mass is 290 g/mol. The minimum atomic E-state index is -0.190. The highest BCUT2D eigenvalue weighted by Crippen LogP contribution is 2.27. The molecule has 1 N–H and O–H groups in total. The summed E-state index contributed by atoms with van der Waals surface area (Å²) in [6.45, 7) is 5.18. The van der Waals surface area contributed by atoms with E-state index in [1.165, 1.54) is 20.5 Å². The van der Waals surface area contributed by atoms with Crippen molar-refractivity contribution < 1.29 is 14.3 Å². The van der Waals surface area contributed by atoms with Crippen LogP contribution in [-0.4, -0.2) is 36.9 Å². The topological polar surface area (TPSA) is 58.6 Å². The number of carbonyl (C=O) groups excluding carboxylic acids is 2. The molecule has 2 amide bonds. The molecule has 1 unspecified atom stereocenters. The molecular weight excluding hydrogens is 268 g/mol. The van der Waals surface area contributed by atoms with Gasteiger partial charge in [0.1, 0.15) is 5.75 Å². The Bertz CT molecular complexity index is 542. The predicted molar refractivity (Wildman–Crippen MR) is 81.6 cm³/mol. The van der Waals surface area contributed by atoms with Crippen molar-refractivity contribution in [1.82, 2.24) is 4.90 Å². The summed E-state index contributed by atoms with van der Waals surface area (Å²) in [6, 6.07) is 5.14. The molecule has 21 heavy (non-hydrogen) atoms. The lowest BCUT2D eigenvalue weighted by Crippen LogP contribution is -2.39. The smallest absolute Gasteiger partial charge is 0.253 e. The number of hydrogen-bond acceptors (Lipinski definition) is 3. The molecule has 1 heterocycles. The van der Waals surface area contributed by atoms with Crippen LogP contribution in [0.1, 0.15) is 37.0 Å². The van der Waals surface area contributed by atoms with E-state index in [2.05, 4.69) is 12.2 Å². The molecule has 0 aliphatic carbocycles. The third kappa shape index (κ3) is 3.74. The summed E-state index contributed by atoms with van der Waals surface area (Å²) in [6.07, 6.45) is 2.21. The molecule has 1 aromatic carbocycles. The third-order valence-corrected chi connectivity index (χ3v) is 3.70. The van der Waals surface area contributed by atoms with Crippen LogP contribution in [0, 0.1) is 5.92 Å². The second kappa shape index (κ2) is 6.61. The molecule has 1 aromatic rings. The van der Waals surface area contributed by atoms with Crippen LogP contribution in [0.25, 0.3) is 0 Å². The fourth-order valence-corrected chi connectivity index (χ4v) is 2.68. The Balaban J connectivity index is 2.22. The molecule has 114 valence electrons. The average Bonchev–Trinajstić information content (AvgIpc) is 2.46. The van der Waals surface area contributed by atoms with Gasteiger partial charge in [0.15, 0.2) is 0 Å². The zero-order chi connectivity index (χ0) is 15.4. The molecule has 2 rings (SSSR count). The van der Waals surface area contributed by atoms with Crippen LogP contribution >= 0.6 is 0 Å². The number of nitrogens with zero attached hydrogens (tertiary/aromatic N) is 1. The molecule has 0 bridgehead atoms. The van der Waals surface area contributed by atoms with Crippen molar-refractivity contribution in [3.8, 4) is 5.75 Å². The SMILES string of the molecule is COc1ccc(C(=O)N2CCCC(C)C2)cc1NC(C)=O. The normalized spacial score (nSPS) is 18.2. The first kappa shape index (κ1) is 15.4. The van der Waals surface area contributed by atoms with Gasteiger partial charge in [-0.15, -0.1) is 0 Å². The lowest BCUT2D eigenvalue weighted by Gasteiger charge is -2.31. The molecular formula is C16H22N2O3. The van der Waals surface area contributed by atoms with E-state index in [4.69, 9.17) is 4.74 Å². The van der Waals surface area contributed by atoms with Gasteiger partial charge in [0.25, 0.3) is 5.91 Å². The number of likely N-dealkylation sites (tertiary alicyclic amines) is 1. The molecule has 0 aromatic heterocycles. The first-order valence-electron chi connectivity index (χ1n) is 7.26. The van der Waals surface area contributed by atoms with Crippen LogP contribution in [0.4, 0.5) is 5.69 Å². The van der Waals surface area contributed by atoms with E-state index in [1.807, 2.05) is 4.90 Å². The van der Waals surface area contributed by atoms with Crippen LogP contribution < -0.4 is 10.1 Å². The number of rotatable bonds is 3. The minimum Gasteiger partial charge on any atom is -0.495 e. The minimum absolute atomic E-state index is 0.0100. The number of anilines is 1. The van der Waals surface area contributed by atoms with Gasteiger partial charge in [0.2, 0.25) is 5.91 Å². The van der Waals surface area contributed by atoms with Gasteiger partial charge in [-0.3, -0.25) is 9.59 Å². The molecule has 1 saturated heterocycles. The second-order valence-electron chi connectivity index (χ2n) is 5.59. The van der Waals surface area contributed by atoms with E-state index in [0.29, 0.717) is 22.9 Å². The number of piperidine rings is 1. The van der Waals surface area contributed by atoms with Gasteiger partial charge < -0.3 is 15.0 Å². The number of carbonyl (C=O) groups is 2. The van der Waals surface area contributed by atoms with Crippen molar-refractivity contribution in [2.45, 2.75) is 26.7 Å². The maximum absolute atomic E-state index is 12.6. The number of hydrogen-bond donors (Lipinski definition) is 1. The molecule has 5 nitrogen and oxygen atoms in total. The molecule has 5 heteroatoms. The first-order valence-corrected chi connectivity index (χ1v) is 7.26. The second-order valence-corrected chi connectivity index (χ2v) is 5.59. The highest BCUT2D eigenvalue weighted by Gasteiger charge is 2.22. The lowest BCUT2D eigenvalue weighted by molar-refractivity contribution is -0.114. The van der Waals surface area contributed by atoms with Gasteiger partial charge in [0.05, 0.1) is 12.8 Å². The van der Waals surface area contributed by atoms with Crippen LogP contribution in [0.15, 0.2) is 18.2 Å². The van der Waals surface area contributed by atoms with Crippen molar-refractivity contribution in [2.75, 3.05) is 25.5 Å². The van der Waals surface area contributed by atoms with Crippen LogP contribution in [0.5, 0.6) is 5.75 Å². The summed E-state index contributed by atoms with van der Waals surface area (Å²) < 4.78 is 5.20. The number of ether oxygens (including phenoxy) is 1. The zero-order valence-electron chi connectivity index (χ0n) is 12.8. The maximum Gasteiger partial charge on any atom is 0.253 e. The van der Waals surface area contributed by atoms with Gasteiger partial charge >= 0.3 is 0 Å². The highest BCUT2D eigenvalue weighted by atomic mass is 16.5. The van der Waals surface area contributed by atoms with Crippen molar-refractivity contribution in [3.63, 3.8) is 0 Å². The summed E-state index contributed by atoms with van der Waals surface area (Å²) in [5.41, 5.74) is 1.11. The van der Waals surface area contributed by atoms with Crippen molar-refractivity contribution in [1.29, 1.82) is 0 Å². The number of nitrogens with one attached hydrogen (secondary N) is 1. The van der Waals surface area contributed by atoms with Gasteiger partial charge in [0, 0.05) is 25.6 Å². The first-order chi connectivity index (χ1) is 10.0. The molecule has 0 saturated carbocycles. The summed E-state index contributed by atoms with van der Waals surface area (Å²) in [5.74, 6) is 0.907. The van der Waals surface area contributed by atoms with E-state index in [1.54, 1.807) is 18.2 Å². The van der Waals surface area contributed by atoms with E-state index < -0.39 is 0 Å². The fourth-order valence-electron chi connectivity index (χ4n) is 2.68. The fraction of sp³-hybridized carbons (Fsp3) is 0.500.